The highest BCUT2D eigenvalue weighted by Gasteiger charge is 2.69. The monoisotopic (exact) mass is 501 g/mol. The number of rotatable bonds is 3. The van der Waals surface area contributed by atoms with Crippen LogP contribution < -0.4 is 4.74 Å². The van der Waals surface area contributed by atoms with E-state index in [1.807, 2.05) is 13.8 Å². The summed E-state index contributed by atoms with van der Waals surface area (Å²) in [6.07, 6.45) is 0.870. The van der Waals surface area contributed by atoms with Gasteiger partial charge in [0.25, 0.3) is 5.91 Å². The van der Waals surface area contributed by atoms with Crippen molar-refractivity contribution in [3.05, 3.63) is 22.8 Å². The van der Waals surface area contributed by atoms with E-state index < -0.39 is 46.6 Å². The quantitative estimate of drug-likeness (QED) is 0.500. The number of nitrogens with zero attached hydrogens (tertiary/aromatic N) is 1. The van der Waals surface area contributed by atoms with Crippen molar-refractivity contribution in [2.75, 3.05) is 0 Å². The Bertz CT molecular complexity index is 1130. The number of benzene rings is 1. The highest BCUT2D eigenvalue weighted by atomic mass is 16.5. The number of carbonyl (C=O) groups is 2. The Balaban J connectivity index is 1.61. The molecular formula is C28H39NO7. The Morgan fingerprint density at radius 2 is 1.83 bits per heavy atom. The van der Waals surface area contributed by atoms with Crippen LogP contribution in [0.2, 0.25) is 0 Å². The fourth-order valence-electron chi connectivity index (χ4n) is 8.43. The van der Waals surface area contributed by atoms with Crippen molar-refractivity contribution in [1.29, 1.82) is 0 Å². The van der Waals surface area contributed by atoms with Gasteiger partial charge in [-0.15, -0.1) is 0 Å². The second-order valence-electron chi connectivity index (χ2n) is 12.8. The number of carboxylic acid groups (broad SMARTS) is 1. The molecule has 0 aromatic heterocycles. The van der Waals surface area contributed by atoms with E-state index in [1.54, 1.807) is 13.8 Å². The van der Waals surface area contributed by atoms with Crippen LogP contribution in [-0.4, -0.2) is 61.1 Å². The molecule has 2 heterocycles. The summed E-state index contributed by atoms with van der Waals surface area (Å²) in [5, 5.41) is 42.7. The van der Waals surface area contributed by atoms with Gasteiger partial charge < -0.3 is 30.1 Å². The molecule has 2 aliphatic carbocycles. The minimum atomic E-state index is -1.06. The van der Waals surface area contributed by atoms with E-state index in [4.69, 9.17) is 4.74 Å². The Morgan fingerprint density at radius 1 is 1.17 bits per heavy atom. The highest BCUT2D eigenvalue weighted by molar-refractivity contribution is 6.02. The Labute approximate surface area is 212 Å². The van der Waals surface area contributed by atoms with Crippen LogP contribution >= 0.6 is 0 Å². The van der Waals surface area contributed by atoms with E-state index in [0.29, 0.717) is 35.3 Å². The molecule has 4 aliphatic rings. The molecule has 0 bridgehead atoms. The van der Waals surface area contributed by atoms with Crippen molar-refractivity contribution in [3.8, 4) is 11.5 Å². The number of fused-ring (bicyclic) bond motifs is 5. The first-order valence-corrected chi connectivity index (χ1v) is 13.1. The van der Waals surface area contributed by atoms with Crippen LogP contribution in [0.15, 0.2) is 6.07 Å². The van der Waals surface area contributed by atoms with Crippen LogP contribution in [0.25, 0.3) is 0 Å². The maximum absolute atomic E-state index is 13.3. The molecule has 36 heavy (non-hydrogen) atoms. The van der Waals surface area contributed by atoms with Crippen molar-refractivity contribution < 1.29 is 34.8 Å². The molecule has 4 N–H and O–H groups in total. The number of amides is 1. The van der Waals surface area contributed by atoms with E-state index in [-0.39, 0.29) is 30.0 Å². The summed E-state index contributed by atoms with van der Waals surface area (Å²) in [5.74, 6) is -1.09. The molecule has 2 aliphatic heterocycles. The van der Waals surface area contributed by atoms with Crippen LogP contribution in [0.4, 0.5) is 0 Å². The van der Waals surface area contributed by atoms with Gasteiger partial charge in [0.2, 0.25) is 0 Å². The normalized spacial score (nSPS) is 37.5. The molecule has 1 aromatic rings. The summed E-state index contributed by atoms with van der Waals surface area (Å²) in [5.41, 5.74) is -0.184. The number of carbonyl (C=O) groups excluding carboxylic acids is 1. The van der Waals surface area contributed by atoms with Gasteiger partial charge in [0.1, 0.15) is 23.1 Å². The maximum atomic E-state index is 13.3. The molecule has 0 radical (unpaired) electrons. The summed E-state index contributed by atoms with van der Waals surface area (Å²) < 4.78 is 6.94. The molecule has 0 unspecified atom stereocenters. The molecule has 1 amide bonds. The van der Waals surface area contributed by atoms with Gasteiger partial charge in [-0.2, -0.15) is 0 Å². The first-order valence-electron chi connectivity index (χ1n) is 13.1. The van der Waals surface area contributed by atoms with E-state index in [1.165, 1.54) is 11.0 Å². The van der Waals surface area contributed by atoms with Crippen molar-refractivity contribution in [1.82, 2.24) is 4.90 Å². The molecule has 5 rings (SSSR count). The standard InChI is InChI=1S/C28H39NO7/c1-13(2)21(25(34)35)29-12-17-15(24(29)33)9-18(30)16-10-28(36-22(16)17)14(3)7-8-20-26(4,5)23(32)19(31)11-27(20,28)6/h9,13-14,19-21,23,30-32H,7-8,10-12H2,1-6H3,(H,34,35)/t14-,19-,20-,21+,23-,27+,28-/m1/s1. The zero-order valence-corrected chi connectivity index (χ0v) is 22.0. The average molecular weight is 502 g/mol. The van der Waals surface area contributed by atoms with Gasteiger partial charge in [-0.3, -0.25) is 4.79 Å². The van der Waals surface area contributed by atoms with Crippen molar-refractivity contribution >= 4 is 11.9 Å². The number of aliphatic carboxylic acids is 1. The summed E-state index contributed by atoms with van der Waals surface area (Å²) in [4.78, 5) is 26.7. The summed E-state index contributed by atoms with van der Waals surface area (Å²) in [6.45, 7) is 12.0. The molecule has 1 spiro atoms. The number of aromatic hydroxyl groups is 1. The van der Waals surface area contributed by atoms with Gasteiger partial charge in [0.15, 0.2) is 0 Å². The maximum Gasteiger partial charge on any atom is 0.326 e. The van der Waals surface area contributed by atoms with Gasteiger partial charge in [-0.25, -0.2) is 4.79 Å². The van der Waals surface area contributed by atoms with E-state index >= 15 is 0 Å². The van der Waals surface area contributed by atoms with Crippen molar-refractivity contribution in [3.63, 3.8) is 0 Å². The summed E-state index contributed by atoms with van der Waals surface area (Å²) in [6, 6.07) is 0.485. The molecule has 2 fully saturated rings. The van der Waals surface area contributed by atoms with Gasteiger partial charge in [0, 0.05) is 23.0 Å². The first-order chi connectivity index (χ1) is 16.7. The predicted molar refractivity (Wildman–Crippen MR) is 132 cm³/mol. The van der Waals surface area contributed by atoms with Gasteiger partial charge in [-0.05, 0) is 48.5 Å². The molecule has 8 nitrogen and oxygen atoms in total. The van der Waals surface area contributed by atoms with Crippen LogP contribution in [0.1, 0.15) is 82.3 Å². The number of phenolic OH excluding ortho intramolecular Hbond substituents is 1. The van der Waals surface area contributed by atoms with E-state index in [0.717, 1.165) is 12.8 Å². The third-order valence-electron chi connectivity index (χ3n) is 10.3. The summed E-state index contributed by atoms with van der Waals surface area (Å²) in [7, 11) is 0. The minimum absolute atomic E-state index is 0.0131. The lowest BCUT2D eigenvalue weighted by molar-refractivity contribution is -0.240. The predicted octanol–water partition coefficient (Wildman–Crippen LogP) is 3.34. The topological polar surface area (TPSA) is 128 Å². The molecule has 7 atom stereocenters. The fraction of sp³-hybridized carbons (Fsp3) is 0.714. The van der Waals surface area contributed by atoms with Crippen molar-refractivity contribution in [2.45, 2.75) is 97.6 Å². The first kappa shape index (κ1) is 25.3. The Kier molecular flexibility index (Phi) is 5.52. The smallest absolute Gasteiger partial charge is 0.326 e. The van der Waals surface area contributed by atoms with E-state index in [9.17, 15) is 30.0 Å². The second kappa shape index (κ2) is 7.84. The number of aliphatic hydroxyl groups is 2. The average Bonchev–Trinajstić information content (AvgIpc) is 3.32. The van der Waals surface area contributed by atoms with Crippen molar-refractivity contribution in [2.24, 2.45) is 28.6 Å². The number of phenols is 1. The van der Waals surface area contributed by atoms with Crippen LogP contribution in [0.5, 0.6) is 11.5 Å². The number of ether oxygens (including phenoxy) is 1. The Morgan fingerprint density at radius 3 is 2.44 bits per heavy atom. The van der Waals surface area contributed by atoms with Gasteiger partial charge in [-0.1, -0.05) is 41.5 Å². The largest absolute Gasteiger partial charge is 0.508 e. The number of aliphatic hydroxyl groups excluding tert-OH is 2. The third kappa shape index (κ3) is 3.06. The summed E-state index contributed by atoms with van der Waals surface area (Å²) >= 11 is 0. The molecule has 1 aromatic carbocycles. The van der Waals surface area contributed by atoms with Gasteiger partial charge >= 0.3 is 5.97 Å². The van der Waals surface area contributed by atoms with Crippen LogP contribution in [0.3, 0.4) is 0 Å². The second-order valence-corrected chi connectivity index (χ2v) is 12.8. The van der Waals surface area contributed by atoms with Crippen LogP contribution in [-0.2, 0) is 17.8 Å². The number of carboxylic acids is 1. The van der Waals surface area contributed by atoms with Crippen LogP contribution in [0, 0.1) is 28.6 Å². The number of hydrogen-bond acceptors (Lipinski definition) is 6. The molecule has 0 saturated heterocycles. The Hall–Kier alpha value is -2.32. The minimum Gasteiger partial charge on any atom is -0.508 e. The van der Waals surface area contributed by atoms with Gasteiger partial charge in [0.05, 0.1) is 24.3 Å². The molecule has 2 saturated carbocycles. The molecular weight excluding hydrogens is 462 g/mol. The lowest BCUT2D eigenvalue weighted by Gasteiger charge is -2.64. The zero-order valence-electron chi connectivity index (χ0n) is 22.0. The number of hydrogen-bond donors (Lipinski definition) is 4. The lowest BCUT2D eigenvalue weighted by atomic mass is 9.43. The SMILES string of the molecule is CC(C)[C@@H](C(=O)O)N1Cc2c(cc(O)c3c2O[C@]2(C3)[C@H](C)CC[C@@H]3C(C)(C)[C@H](O)[C@H](O)C[C@@]32C)C1=O. The third-order valence-corrected chi connectivity index (χ3v) is 10.3. The fourth-order valence-corrected chi connectivity index (χ4v) is 8.43. The molecule has 198 valence electrons. The lowest BCUT2D eigenvalue weighted by Crippen LogP contribution is -2.69. The molecule has 8 heteroatoms. The van der Waals surface area contributed by atoms with E-state index in [2.05, 4.69) is 13.8 Å². The highest BCUT2D eigenvalue weighted by Crippen LogP contribution is 2.67. The zero-order chi connectivity index (χ0) is 26.5.